The molecule has 5 amide bonds. The molecule has 4 aromatic rings. The summed E-state index contributed by atoms with van der Waals surface area (Å²) in [7, 11) is 0. The molecule has 4 N–H and O–H groups in total. The number of fused-ring (bicyclic) bond motifs is 5. The molecule has 0 unspecified atom stereocenters. The van der Waals surface area contributed by atoms with Crippen molar-refractivity contribution in [3.05, 3.63) is 110 Å². The standard InChI is InChI=1S/C53H57FN6O12S/c1-3-53(71)41-23-44-49-39(28-60(44)51(69)40(41)29-72-52(53)70)38(37-20-31(2)42(54)24-43(37)58-49)27-56-46(65)30-73-19-17-35(62)25-57-50(68)33(21-32-10-6-4-7-11-32)22-36(63)26-55-45(64)14-13-34(61)12-8-5-9-18-59-47(66)15-16-48(59)67/h4,6-7,10-11,15-16,20,23-24,33,71H,3,5,8-9,12-14,17-19,21-22,25-30H2,1-2H3,(H,55,64)(H,56,65)(H,57,68)/t33-,53+/m1/s1. The summed E-state index contributed by atoms with van der Waals surface area (Å²) >= 11 is 1.20. The molecule has 0 spiro atoms. The highest BCUT2D eigenvalue weighted by molar-refractivity contribution is 7.99. The summed E-state index contributed by atoms with van der Waals surface area (Å²) < 4.78 is 21.6. The summed E-state index contributed by atoms with van der Waals surface area (Å²) in [6.07, 6.45) is 4.26. The van der Waals surface area contributed by atoms with Crippen molar-refractivity contribution in [2.24, 2.45) is 5.92 Å². The van der Waals surface area contributed by atoms with Gasteiger partial charge in [0.25, 0.3) is 17.4 Å². The Balaban J connectivity index is 0.855. The van der Waals surface area contributed by atoms with Crippen LogP contribution >= 0.6 is 11.8 Å². The van der Waals surface area contributed by atoms with E-state index in [0.717, 1.165) is 10.5 Å². The summed E-state index contributed by atoms with van der Waals surface area (Å²) in [5.41, 5.74) is 1.14. The zero-order valence-electron chi connectivity index (χ0n) is 40.6. The van der Waals surface area contributed by atoms with Gasteiger partial charge in [-0.25, -0.2) is 14.2 Å². The Morgan fingerprint density at radius 3 is 2.33 bits per heavy atom. The van der Waals surface area contributed by atoms with Gasteiger partial charge in [-0.1, -0.05) is 43.7 Å². The number of imide groups is 1. The third kappa shape index (κ3) is 12.9. The van der Waals surface area contributed by atoms with E-state index in [2.05, 4.69) is 16.0 Å². The average molecular weight is 1020 g/mol. The van der Waals surface area contributed by atoms with Crippen LogP contribution in [0, 0.1) is 18.7 Å². The summed E-state index contributed by atoms with van der Waals surface area (Å²) in [5.74, 6) is -4.87. The first kappa shape index (κ1) is 53.6. The minimum Gasteiger partial charge on any atom is -0.458 e. The highest BCUT2D eigenvalue weighted by atomic mass is 32.2. The number of ketones is 3. The molecule has 0 saturated heterocycles. The predicted octanol–water partition coefficient (Wildman–Crippen LogP) is 3.72. The molecule has 3 aliphatic heterocycles. The van der Waals surface area contributed by atoms with Gasteiger partial charge < -0.3 is 30.4 Å². The number of amides is 5. The molecular weight excluding hydrogens is 964 g/mol. The van der Waals surface area contributed by atoms with Crippen molar-refractivity contribution in [3.8, 4) is 11.4 Å². The normalized spacial score (nSPS) is 15.9. The second-order valence-electron chi connectivity index (χ2n) is 18.4. The molecule has 2 atom stereocenters. The number of halogens is 1. The van der Waals surface area contributed by atoms with Crippen LogP contribution in [0.25, 0.3) is 22.3 Å². The van der Waals surface area contributed by atoms with Gasteiger partial charge in [-0.15, -0.1) is 0 Å². The Morgan fingerprint density at radius 2 is 1.59 bits per heavy atom. The number of aromatic nitrogens is 2. The number of Topliss-reactive ketones (excluding diaryl/α,β-unsaturated/α-hetero) is 3. The molecule has 0 aliphatic carbocycles. The molecule has 3 aliphatic rings. The first-order valence-corrected chi connectivity index (χ1v) is 25.4. The summed E-state index contributed by atoms with van der Waals surface area (Å²) in [6.45, 7) is 2.60. The smallest absolute Gasteiger partial charge is 0.343 e. The molecule has 0 bridgehead atoms. The van der Waals surface area contributed by atoms with Crippen molar-refractivity contribution in [2.75, 3.05) is 31.1 Å². The highest BCUT2D eigenvalue weighted by Gasteiger charge is 2.45. The van der Waals surface area contributed by atoms with Crippen LogP contribution in [0.5, 0.6) is 0 Å². The lowest BCUT2D eigenvalue weighted by Crippen LogP contribution is -2.44. The molecule has 0 radical (unpaired) electrons. The van der Waals surface area contributed by atoms with Gasteiger partial charge in [0.15, 0.2) is 17.2 Å². The van der Waals surface area contributed by atoms with E-state index in [4.69, 9.17) is 9.72 Å². The fourth-order valence-electron chi connectivity index (χ4n) is 9.09. The number of benzene rings is 2. The number of hydrogen-bond acceptors (Lipinski definition) is 14. The Morgan fingerprint density at radius 1 is 0.849 bits per heavy atom. The number of thioether (sulfide) groups is 1. The largest absolute Gasteiger partial charge is 0.458 e. The first-order valence-electron chi connectivity index (χ1n) is 24.3. The van der Waals surface area contributed by atoms with E-state index in [9.17, 15) is 57.4 Å². The number of carbonyl (C=O) groups is 9. The zero-order valence-corrected chi connectivity index (χ0v) is 41.5. The average Bonchev–Trinajstić information content (AvgIpc) is 3.91. The number of aryl methyl sites for hydroxylation is 1. The van der Waals surface area contributed by atoms with Gasteiger partial charge in [-0.2, -0.15) is 11.8 Å². The molecule has 2 aromatic carbocycles. The van der Waals surface area contributed by atoms with Crippen molar-refractivity contribution >= 4 is 75.5 Å². The van der Waals surface area contributed by atoms with E-state index >= 15 is 0 Å². The molecule has 0 fully saturated rings. The second-order valence-corrected chi connectivity index (χ2v) is 19.5. The van der Waals surface area contributed by atoms with Crippen molar-refractivity contribution < 1.29 is 57.4 Å². The minimum atomic E-state index is -2.03. The molecular formula is C53H57FN6O12S. The van der Waals surface area contributed by atoms with Gasteiger partial charge in [0.1, 0.15) is 18.2 Å². The maximum atomic E-state index is 14.9. The maximum absolute atomic E-state index is 14.9. The van der Waals surface area contributed by atoms with Crippen molar-refractivity contribution in [1.29, 1.82) is 0 Å². The van der Waals surface area contributed by atoms with E-state index < -0.39 is 46.5 Å². The number of nitrogens with zero attached hydrogens (tertiary/aromatic N) is 3. The van der Waals surface area contributed by atoms with E-state index in [-0.39, 0.29) is 142 Å². The van der Waals surface area contributed by atoms with Crippen molar-refractivity contribution in [2.45, 2.75) is 103 Å². The number of cyclic esters (lactones) is 1. The van der Waals surface area contributed by atoms with Gasteiger partial charge in [-0.3, -0.25) is 48.1 Å². The van der Waals surface area contributed by atoms with E-state index in [1.807, 2.05) is 18.2 Å². The lowest BCUT2D eigenvalue weighted by atomic mass is 9.86. The van der Waals surface area contributed by atoms with Crippen LogP contribution in [0.3, 0.4) is 0 Å². The number of nitrogens with one attached hydrogen (secondary N) is 3. The van der Waals surface area contributed by atoms with E-state index in [1.165, 1.54) is 34.5 Å². The van der Waals surface area contributed by atoms with E-state index in [0.29, 0.717) is 52.7 Å². The minimum absolute atomic E-state index is 0.00285. The highest BCUT2D eigenvalue weighted by Crippen LogP contribution is 2.40. The first-order chi connectivity index (χ1) is 35.0. The molecule has 20 heteroatoms. The Bertz CT molecular complexity index is 2960. The quantitative estimate of drug-likeness (QED) is 0.0350. The van der Waals surface area contributed by atoms with Crippen LogP contribution in [0.1, 0.15) is 98.1 Å². The fraction of sp³-hybridized carbons (Fsp3) is 0.415. The maximum Gasteiger partial charge on any atom is 0.343 e. The topological polar surface area (TPSA) is 257 Å². The van der Waals surface area contributed by atoms with Crippen LogP contribution in [0.2, 0.25) is 0 Å². The lowest BCUT2D eigenvalue weighted by Gasteiger charge is -2.31. The third-order valence-electron chi connectivity index (χ3n) is 13.3. The van der Waals surface area contributed by atoms with Crippen LogP contribution in [-0.4, -0.2) is 104 Å². The zero-order chi connectivity index (χ0) is 52.4. The number of carbonyl (C=O) groups excluding carboxylic acids is 9. The third-order valence-corrected chi connectivity index (χ3v) is 14.2. The van der Waals surface area contributed by atoms with Crippen LogP contribution < -0.4 is 21.5 Å². The van der Waals surface area contributed by atoms with Gasteiger partial charge >= 0.3 is 5.97 Å². The molecule has 7 rings (SSSR count). The Labute approximate surface area is 423 Å². The van der Waals surface area contributed by atoms with E-state index in [1.54, 1.807) is 38.1 Å². The van der Waals surface area contributed by atoms with Crippen molar-refractivity contribution in [3.63, 3.8) is 0 Å². The Hall–Kier alpha value is -7.19. The number of ether oxygens (including phenoxy) is 1. The molecule has 73 heavy (non-hydrogen) atoms. The number of esters is 1. The van der Waals surface area contributed by atoms with Crippen LogP contribution in [0.15, 0.2) is 65.5 Å². The van der Waals surface area contributed by atoms with Crippen molar-refractivity contribution in [1.82, 2.24) is 30.4 Å². The molecule has 0 saturated carbocycles. The molecule has 384 valence electrons. The van der Waals surface area contributed by atoms with Gasteiger partial charge in [-0.05, 0) is 61.4 Å². The monoisotopic (exact) mass is 1020 g/mol. The number of pyridine rings is 2. The SMILES string of the molecule is CC[C@@]1(O)C(=O)OCc2c1cc1n(c2=O)Cc2c-1nc1cc(F)c(C)cc1c2CNC(=O)CSCCC(=O)CNC(=O)[C@@H](CC(=O)CNC(=O)CCC(=O)CCCCCN1C(=O)C=CC1=O)Cc1ccccc1. The van der Waals surface area contributed by atoms with Gasteiger partial charge in [0.05, 0.1) is 47.9 Å². The summed E-state index contributed by atoms with van der Waals surface area (Å²) in [4.78, 5) is 133. The second kappa shape index (κ2) is 24.0. The molecule has 18 nitrogen and oxygen atoms in total. The summed E-state index contributed by atoms with van der Waals surface area (Å²) in [5, 5.41) is 19.9. The van der Waals surface area contributed by atoms with Gasteiger partial charge in [0.2, 0.25) is 17.7 Å². The number of aliphatic hydroxyl groups is 1. The molecule has 5 heterocycles. The van der Waals surface area contributed by atoms with Crippen LogP contribution in [-0.2, 0) is 79.6 Å². The number of unbranched alkanes of at least 4 members (excludes halogenated alkanes) is 2. The molecule has 2 aromatic heterocycles. The lowest BCUT2D eigenvalue weighted by molar-refractivity contribution is -0.172. The fourth-order valence-corrected chi connectivity index (χ4v) is 9.89. The predicted molar refractivity (Wildman–Crippen MR) is 266 cm³/mol. The Kier molecular flexibility index (Phi) is 17.6. The number of rotatable bonds is 26. The van der Waals surface area contributed by atoms with Gasteiger partial charge in [0, 0.05) is 91.6 Å². The summed E-state index contributed by atoms with van der Waals surface area (Å²) in [6, 6.07) is 13.5. The van der Waals surface area contributed by atoms with Crippen LogP contribution in [0.4, 0.5) is 4.39 Å². The number of hydrogen-bond donors (Lipinski definition) is 4.